The van der Waals surface area contributed by atoms with E-state index in [-0.39, 0.29) is 11.9 Å². The van der Waals surface area contributed by atoms with Gasteiger partial charge in [0, 0.05) is 24.6 Å². The minimum atomic E-state index is 0.0550. The summed E-state index contributed by atoms with van der Waals surface area (Å²) in [6.07, 6.45) is 2.84. The molecular weight excluding hydrogens is 196 g/mol. The lowest BCUT2D eigenvalue weighted by Crippen LogP contribution is -2.37. The van der Waals surface area contributed by atoms with Gasteiger partial charge in [0.05, 0.1) is 6.04 Å². The van der Waals surface area contributed by atoms with Crippen LogP contribution in [-0.2, 0) is 4.79 Å². The van der Waals surface area contributed by atoms with Gasteiger partial charge in [0.15, 0.2) is 0 Å². The third kappa shape index (κ3) is 3.03. The van der Waals surface area contributed by atoms with Gasteiger partial charge in [-0.2, -0.15) is 11.8 Å². The molecule has 1 aliphatic heterocycles. The number of likely N-dealkylation sites (N-methyl/N-ethyl adjacent to an activating group) is 1. The maximum Gasteiger partial charge on any atom is 0.239 e. The van der Waals surface area contributed by atoms with Crippen LogP contribution in [0.5, 0.6) is 0 Å². The second-order valence-corrected chi connectivity index (χ2v) is 4.47. The first-order valence-electron chi connectivity index (χ1n) is 4.94. The van der Waals surface area contributed by atoms with Gasteiger partial charge < -0.3 is 10.2 Å². The predicted octanol–water partition coefficient (Wildman–Crippen LogP) is 0.726. The number of hydrogen-bond acceptors (Lipinski definition) is 3. The molecule has 0 aromatic rings. The van der Waals surface area contributed by atoms with Crippen molar-refractivity contribution < 1.29 is 4.79 Å². The maximum absolute atomic E-state index is 11.6. The quantitative estimate of drug-likeness (QED) is 0.522. The monoisotopic (exact) mass is 214 g/mol. The van der Waals surface area contributed by atoms with E-state index in [0.717, 1.165) is 31.0 Å². The van der Waals surface area contributed by atoms with Crippen molar-refractivity contribution in [1.82, 2.24) is 10.2 Å². The Morgan fingerprint density at radius 1 is 1.79 bits per heavy atom. The lowest BCUT2D eigenvalue weighted by atomic mass is 10.3. The third-order valence-electron chi connectivity index (χ3n) is 2.39. The molecule has 0 aliphatic carbocycles. The van der Waals surface area contributed by atoms with Gasteiger partial charge in [-0.25, -0.2) is 0 Å². The van der Waals surface area contributed by atoms with Crippen molar-refractivity contribution in [2.45, 2.75) is 12.5 Å². The van der Waals surface area contributed by atoms with Gasteiger partial charge in [-0.1, -0.05) is 6.08 Å². The van der Waals surface area contributed by atoms with Gasteiger partial charge in [0.1, 0.15) is 0 Å². The average Bonchev–Trinajstić information content (AvgIpc) is 2.55. The number of rotatable bonds is 6. The SMILES string of the molecule is C=CCSCCN1CCC(NC)C1=O. The molecular formula is C10H18N2OS. The van der Waals surface area contributed by atoms with Gasteiger partial charge in [0.2, 0.25) is 5.91 Å². The molecule has 0 radical (unpaired) electrons. The van der Waals surface area contributed by atoms with Crippen LogP contribution in [-0.4, -0.2) is 48.5 Å². The third-order valence-corrected chi connectivity index (χ3v) is 3.33. The molecule has 1 atom stereocenters. The van der Waals surface area contributed by atoms with E-state index in [1.807, 2.05) is 29.8 Å². The van der Waals surface area contributed by atoms with Crippen molar-refractivity contribution in [3.05, 3.63) is 12.7 Å². The van der Waals surface area contributed by atoms with Crippen LogP contribution in [0.25, 0.3) is 0 Å². The summed E-state index contributed by atoms with van der Waals surface area (Å²) in [7, 11) is 1.85. The molecule has 1 amide bonds. The Morgan fingerprint density at radius 3 is 3.14 bits per heavy atom. The highest BCUT2D eigenvalue weighted by molar-refractivity contribution is 7.99. The van der Waals surface area contributed by atoms with Crippen LogP contribution in [0.15, 0.2) is 12.7 Å². The summed E-state index contributed by atoms with van der Waals surface area (Å²) in [5, 5.41) is 3.03. The average molecular weight is 214 g/mol. The summed E-state index contributed by atoms with van der Waals surface area (Å²) >= 11 is 1.82. The Labute approximate surface area is 89.9 Å². The minimum Gasteiger partial charge on any atom is -0.340 e. The summed E-state index contributed by atoms with van der Waals surface area (Å²) in [4.78, 5) is 13.6. The van der Waals surface area contributed by atoms with Gasteiger partial charge in [-0.3, -0.25) is 4.79 Å². The van der Waals surface area contributed by atoms with Crippen LogP contribution in [0.3, 0.4) is 0 Å². The van der Waals surface area contributed by atoms with Gasteiger partial charge in [-0.15, -0.1) is 6.58 Å². The number of nitrogens with one attached hydrogen (secondary N) is 1. The molecule has 1 N–H and O–H groups in total. The predicted molar refractivity (Wildman–Crippen MR) is 61.6 cm³/mol. The van der Waals surface area contributed by atoms with Gasteiger partial charge in [0.25, 0.3) is 0 Å². The number of amides is 1. The van der Waals surface area contributed by atoms with Crippen LogP contribution in [0.2, 0.25) is 0 Å². The highest BCUT2D eigenvalue weighted by Crippen LogP contribution is 2.11. The van der Waals surface area contributed by atoms with Crippen LogP contribution < -0.4 is 5.32 Å². The maximum atomic E-state index is 11.6. The standard InChI is InChI=1S/C10H18N2OS/c1-3-7-14-8-6-12-5-4-9(11-2)10(12)13/h3,9,11H,1,4-8H2,2H3. The molecule has 3 nitrogen and oxygen atoms in total. The molecule has 1 aliphatic rings. The molecule has 1 saturated heterocycles. The molecule has 0 saturated carbocycles. The second-order valence-electron chi connectivity index (χ2n) is 3.32. The fourth-order valence-corrected chi connectivity index (χ4v) is 2.25. The highest BCUT2D eigenvalue weighted by Gasteiger charge is 2.29. The van der Waals surface area contributed by atoms with E-state index in [1.54, 1.807) is 0 Å². The number of hydrogen-bond donors (Lipinski definition) is 1. The van der Waals surface area contributed by atoms with E-state index < -0.39 is 0 Å². The van der Waals surface area contributed by atoms with Gasteiger partial charge >= 0.3 is 0 Å². The number of thioether (sulfide) groups is 1. The smallest absolute Gasteiger partial charge is 0.239 e. The fraction of sp³-hybridized carbons (Fsp3) is 0.700. The number of carbonyl (C=O) groups excluding carboxylic acids is 1. The summed E-state index contributed by atoms with van der Waals surface area (Å²) in [6.45, 7) is 5.43. The van der Waals surface area contributed by atoms with E-state index >= 15 is 0 Å². The van der Waals surface area contributed by atoms with Gasteiger partial charge in [-0.05, 0) is 13.5 Å². The number of nitrogens with zero attached hydrogens (tertiary/aromatic N) is 1. The Bertz CT molecular complexity index is 208. The number of carbonyl (C=O) groups is 1. The lowest BCUT2D eigenvalue weighted by molar-refractivity contribution is -0.129. The zero-order valence-corrected chi connectivity index (χ0v) is 9.48. The Balaban J connectivity index is 2.19. The molecule has 14 heavy (non-hydrogen) atoms. The van der Waals surface area contributed by atoms with Crippen molar-refractivity contribution in [3.63, 3.8) is 0 Å². The lowest BCUT2D eigenvalue weighted by Gasteiger charge is -2.15. The summed E-state index contributed by atoms with van der Waals surface area (Å²) in [5.74, 6) is 2.23. The van der Waals surface area contributed by atoms with Crippen molar-refractivity contribution in [1.29, 1.82) is 0 Å². The van der Waals surface area contributed by atoms with Crippen LogP contribution in [0.4, 0.5) is 0 Å². The zero-order valence-electron chi connectivity index (χ0n) is 8.66. The van der Waals surface area contributed by atoms with E-state index in [2.05, 4.69) is 11.9 Å². The first kappa shape index (κ1) is 11.6. The van der Waals surface area contributed by atoms with Crippen LogP contribution in [0.1, 0.15) is 6.42 Å². The molecule has 0 spiro atoms. The fourth-order valence-electron chi connectivity index (χ4n) is 1.57. The van der Waals surface area contributed by atoms with Crippen LogP contribution >= 0.6 is 11.8 Å². The minimum absolute atomic E-state index is 0.0550. The largest absolute Gasteiger partial charge is 0.340 e. The molecule has 4 heteroatoms. The summed E-state index contributed by atoms with van der Waals surface area (Å²) in [5.41, 5.74) is 0. The Kier molecular flexibility index (Phi) is 5.04. The molecule has 0 bridgehead atoms. The summed E-state index contributed by atoms with van der Waals surface area (Å²) < 4.78 is 0. The van der Waals surface area contributed by atoms with E-state index in [1.165, 1.54) is 0 Å². The molecule has 1 fully saturated rings. The Morgan fingerprint density at radius 2 is 2.57 bits per heavy atom. The van der Waals surface area contributed by atoms with Crippen molar-refractivity contribution in [3.8, 4) is 0 Å². The van der Waals surface area contributed by atoms with E-state index in [0.29, 0.717) is 0 Å². The normalized spacial score (nSPS) is 21.6. The molecule has 1 rings (SSSR count). The van der Waals surface area contributed by atoms with Crippen LogP contribution in [0, 0.1) is 0 Å². The zero-order chi connectivity index (χ0) is 10.4. The van der Waals surface area contributed by atoms with Crippen molar-refractivity contribution in [2.75, 3.05) is 31.6 Å². The first-order valence-corrected chi connectivity index (χ1v) is 6.09. The Hall–Kier alpha value is -0.480. The topological polar surface area (TPSA) is 32.3 Å². The highest BCUT2D eigenvalue weighted by atomic mass is 32.2. The van der Waals surface area contributed by atoms with E-state index in [4.69, 9.17) is 0 Å². The number of likely N-dealkylation sites (tertiary alicyclic amines) is 1. The molecule has 80 valence electrons. The molecule has 0 aromatic carbocycles. The molecule has 1 unspecified atom stereocenters. The van der Waals surface area contributed by atoms with Crippen molar-refractivity contribution in [2.24, 2.45) is 0 Å². The summed E-state index contributed by atoms with van der Waals surface area (Å²) in [6, 6.07) is 0.0550. The van der Waals surface area contributed by atoms with Crippen molar-refractivity contribution >= 4 is 17.7 Å². The molecule has 0 aromatic heterocycles. The first-order chi connectivity index (χ1) is 6.79. The van der Waals surface area contributed by atoms with E-state index in [9.17, 15) is 4.79 Å². The second kappa shape index (κ2) is 6.09. The molecule has 1 heterocycles.